The first-order valence-corrected chi connectivity index (χ1v) is 8.93. The number of halogens is 1. The smallest absolute Gasteiger partial charge is 0.321 e. The third-order valence-corrected chi connectivity index (χ3v) is 4.71. The van der Waals surface area contributed by atoms with Crippen molar-refractivity contribution in [2.24, 2.45) is 5.92 Å². The van der Waals surface area contributed by atoms with Gasteiger partial charge in [-0.05, 0) is 36.6 Å². The molecule has 2 aromatic rings. The van der Waals surface area contributed by atoms with Crippen molar-refractivity contribution in [3.05, 3.63) is 64.7 Å². The standard InChI is InChI=1S/C20H23ClN2O2/c1-15-7-8-18(21)11-19(15)22-20(24)23-10-9-17(12-23)14-25-13-16-5-3-2-4-6-16/h2-8,11,17H,9-10,12-14H2,1H3,(H,22,24). The van der Waals surface area contributed by atoms with Crippen molar-refractivity contribution in [2.45, 2.75) is 20.0 Å². The number of urea groups is 1. The Hall–Kier alpha value is -2.04. The maximum atomic E-state index is 12.5. The average Bonchev–Trinajstić information content (AvgIpc) is 3.08. The van der Waals surface area contributed by atoms with E-state index in [-0.39, 0.29) is 6.03 Å². The van der Waals surface area contributed by atoms with E-state index in [0.717, 1.165) is 30.8 Å². The van der Waals surface area contributed by atoms with E-state index in [9.17, 15) is 4.79 Å². The van der Waals surface area contributed by atoms with E-state index in [4.69, 9.17) is 16.3 Å². The molecule has 1 aliphatic heterocycles. The fourth-order valence-electron chi connectivity index (χ4n) is 2.99. The second-order valence-corrected chi connectivity index (χ2v) is 6.93. The van der Waals surface area contributed by atoms with Gasteiger partial charge < -0.3 is 15.0 Å². The molecule has 3 rings (SSSR count). The minimum absolute atomic E-state index is 0.0732. The van der Waals surface area contributed by atoms with Gasteiger partial charge in [-0.1, -0.05) is 48.0 Å². The summed E-state index contributed by atoms with van der Waals surface area (Å²) in [5.74, 6) is 0.384. The molecule has 0 spiro atoms. The minimum Gasteiger partial charge on any atom is -0.376 e. The van der Waals surface area contributed by atoms with Gasteiger partial charge in [0.1, 0.15) is 0 Å². The average molecular weight is 359 g/mol. The predicted octanol–water partition coefficient (Wildman–Crippen LogP) is 4.72. The summed E-state index contributed by atoms with van der Waals surface area (Å²) in [6.07, 6.45) is 0.969. The van der Waals surface area contributed by atoms with Gasteiger partial charge in [-0.25, -0.2) is 4.79 Å². The molecule has 1 unspecified atom stereocenters. The van der Waals surface area contributed by atoms with Crippen LogP contribution in [-0.2, 0) is 11.3 Å². The van der Waals surface area contributed by atoms with E-state index < -0.39 is 0 Å². The number of nitrogens with one attached hydrogen (secondary N) is 1. The lowest BCUT2D eigenvalue weighted by Gasteiger charge is -2.18. The number of carbonyl (C=O) groups is 1. The summed E-state index contributed by atoms with van der Waals surface area (Å²) in [6.45, 7) is 4.72. The molecule has 1 aliphatic rings. The van der Waals surface area contributed by atoms with Gasteiger partial charge >= 0.3 is 6.03 Å². The molecular weight excluding hydrogens is 336 g/mol. The fraction of sp³-hybridized carbons (Fsp3) is 0.350. The Kier molecular flexibility index (Phi) is 5.95. The molecule has 132 valence electrons. The number of anilines is 1. The molecule has 1 N–H and O–H groups in total. The van der Waals surface area contributed by atoms with Gasteiger partial charge in [0.25, 0.3) is 0 Å². The number of hydrogen-bond donors (Lipinski definition) is 1. The maximum Gasteiger partial charge on any atom is 0.321 e. The molecule has 0 aliphatic carbocycles. The summed E-state index contributed by atoms with van der Waals surface area (Å²) < 4.78 is 5.81. The maximum absolute atomic E-state index is 12.5. The van der Waals surface area contributed by atoms with Crippen LogP contribution in [-0.4, -0.2) is 30.6 Å². The molecule has 1 atom stereocenters. The second-order valence-electron chi connectivity index (χ2n) is 6.49. The number of hydrogen-bond acceptors (Lipinski definition) is 2. The minimum atomic E-state index is -0.0732. The first-order valence-electron chi connectivity index (χ1n) is 8.55. The Balaban J connectivity index is 1.45. The van der Waals surface area contributed by atoms with E-state index in [2.05, 4.69) is 17.4 Å². The summed E-state index contributed by atoms with van der Waals surface area (Å²) in [7, 11) is 0. The van der Waals surface area contributed by atoms with Crippen LogP contribution < -0.4 is 5.32 Å². The van der Waals surface area contributed by atoms with Crippen molar-refractivity contribution < 1.29 is 9.53 Å². The number of aryl methyl sites for hydroxylation is 1. The van der Waals surface area contributed by atoms with E-state index in [1.54, 1.807) is 6.07 Å². The molecule has 5 heteroatoms. The number of rotatable bonds is 5. The van der Waals surface area contributed by atoms with Gasteiger partial charge in [0.15, 0.2) is 0 Å². The largest absolute Gasteiger partial charge is 0.376 e. The highest BCUT2D eigenvalue weighted by Gasteiger charge is 2.26. The number of likely N-dealkylation sites (tertiary alicyclic amines) is 1. The molecule has 1 saturated heterocycles. The number of carbonyl (C=O) groups excluding carboxylic acids is 1. The van der Waals surface area contributed by atoms with Crippen LogP contribution in [0.15, 0.2) is 48.5 Å². The van der Waals surface area contributed by atoms with E-state index >= 15 is 0 Å². The SMILES string of the molecule is Cc1ccc(Cl)cc1NC(=O)N1CCC(COCc2ccccc2)C1. The third-order valence-electron chi connectivity index (χ3n) is 4.48. The first-order chi connectivity index (χ1) is 12.1. The topological polar surface area (TPSA) is 41.6 Å². The highest BCUT2D eigenvalue weighted by Crippen LogP contribution is 2.22. The Morgan fingerprint density at radius 2 is 2.08 bits per heavy atom. The second kappa shape index (κ2) is 8.37. The monoisotopic (exact) mass is 358 g/mol. The Morgan fingerprint density at radius 1 is 1.28 bits per heavy atom. The Bertz CT molecular complexity index is 721. The summed E-state index contributed by atoms with van der Waals surface area (Å²) >= 11 is 6.01. The molecule has 0 bridgehead atoms. The predicted molar refractivity (Wildman–Crippen MR) is 101 cm³/mol. The zero-order valence-corrected chi connectivity index (χ0v) is 15.1. The summed E-state index contributed by atoms with van der Waals surface area (Å²) in [6, 6.07) is 15.6. The van der Waals surface area contributed by atoms with E-state index in [0.29, 0.717) is 24.2 Å². The summed E-state index contributed by atoms with van der Waals surface area (Å²) in [4.78, 5) is 14.3. The molecule has 0 aromatic heterocycles. The quantitative estimate of drug-likeness (QED) is 0.840. The van der Waals surface area contributed by atoms with Gasteiger partial charge in [0, 0.05) is 29.7 Å². The zero-order chi connectivity index (χ0) is 17.6. The molecule has 4 nitrogen and oxygen atoms in total. The van der Waals surface area contributed by atoms with Gasteiger partial charge in [-0.2, -0.15) is 0 Å². The number of benzene rings is 2. The van der Waals surface area contributed by atoms with Crippen molar-refractivity contribution in [3.8, 4) is 0 Å². The van der Waals surface area contributed by atoms with Crippen LogP contribution in [0.2, 0.25) is 5.02 Å². The first kappa shape index (κ1) is 17.8. The van der Waals surface area contributed by atoms with Crippen LogP contribution in [0.1, 0.15) is 17.5 Å². The lowest BCUT2D eigenvalue weighted by atomic mass is 10.1. The van der Waals surface area contributed by atoms with Crippen molar-refractivity contribution in [1.29, 1.82) is 0 Å². The lowest BCUT2D eigenvalue weighted by Crippen LogP contribution is -2.33. The lowest BCUT2D eigenvalue weighted by molar-refractivity contribution is 0.0900. The van der Waals surface area contributed by atoms with Gasteiger partial charge in [-0.15, -0.1) is 0 Å². The van der Waals surface area contributed by atoms with E-state index in [1.165, 1.54) is 5.56 Å². The number of amides is 2. The van der Waals surface area contributed by atoms with Crippen molar-refractivity contribution in [3.63, 3.8) is 0 Å². The molecule has 1 heterocycles. The summed E-state index contributed by atoms with van der Waals surface area (Å²) in [5, 5.41) is 3.58. The third kappa shape index (κ3) is 4.97. The van der Waals surface area contributed by atoms with Crippen molar-refractivity contribution in [1.82, 2.24) is 4.90 Å². The van der Waals surface area contributed by atoms with Crippen LogP contribution in [0.3, 0.4) is 0 Å². The zero-order valence-electron chi connectivity index (χ0n) is 14.4. The highest BCUT2D eigenvalue weighted by atomic mass is 35.5. The molecule has 2 amide bonds. The van der Waals surface area contributed by atoms with Crippen LogP contribution in [0, 0.1) is 12.8 Å². The fourth-order valence-corrected chi connectivity index (χ4v) is 3.17. The van der Waals surface area contributed by atoms with Crippen LogP contribution in [0.4, 0.5) is 10.5 Å². The van der Waals surface area contributed by atoms with Crippen molar-refractivity contribution >= 4 is 23.3 Å². The van der Waals surface area contributed by atoms with Gasteiger partial charge in [-0.3, -0.25) is 0 Å². The van der Waals surface area contributed by atoms with Gasteiger partial charge in [0.2, 0.25) is 0 Å². The van der Waals surface area contributed by atoms with Crippen LogP contribution in [0.5, 0.6) is 0 Å². The van der Waals surface area contributed by atoms with Crippen LogP contribution >= 0.6 is 11.6 Å². The normalized spacial score (nSPS) is 16.9. The molecule has 25 heavy (non-hydrogen) atoms. The van der Waals surface area contributed by atoms with Gasteiger partial charge in [0.05, 0.1) is 13.2 Å². The molecule has 1 fully saturated rings. The highest BCUT2D eigenvalue weighted by molar-refractivity contribution is 6.31. The molecule has 0 radical (unpaired) electrons. The molecule has 2 aromatic carbocycles. The Morgan fingerprint density at radius 3 is 2.88 bits per heavy atom. The van der Waals surface area contributed by atoms with Crippen molar-refractivity contribution in [2.75, 3.05) is 25.0 Å². The molecule has 0 saturated carbocycles. The number of nitrogens with zero attached hydrogens (tertiary/aromatic N) is 1. The Labute approximate surface area is 153 Å². The summed E-state index contributed by atoms with van der Waals surface area (Å²) in [5.41, 5.74) is 2.94. The molecular formula is C20H23ClN2O2. The van der Waals surface area contributed by atoms with E-state index in [1.807, 2.05) is 42.2 Å². The van der Waals surface area contributed by atoms with Crippen LogP contribution in [0.25, 0.3) is 0 Å². The number of ether oxygens (including phenoxy) is 1.